The first kappa shape index (κ1) is 31.3. The Morgan fingerprint density at radius 3 is 2.10 bits per heavy atom. The van der Waals surface area contributed by atoms with E-state index < -0.39 is 44.6 Å². The highest BCUT2D eigenvalue weighted by atomic mass is 32.2. The van der Waals surface area contributed by atoms with Crippen LogP contribution in [0.1, 0.15) is 15.9 Å². The van der Waals surface area contributed by atoms with Gasteiger partial charge in [0.25, 0.3) is 15.9 Å². The number of piperazine rings is 1. The monoisotopic (exact) mass is 600 g/mol. The van der Waals surface area contributed by atoms with Gasteiger partial charge < -0.3 is 20.6 Å². The molecule has 220 valence electrons. The van der Waals surface area contributed by atoms with Gasteiger partial charge in [-0.1, -0.05) is 30.3 Å². The van der Waals surface area contributed by atoms with Crippen LogP contribution in [0.4, 0.5) is 33.3 Å². The van der Waals surface area contributed by atoms with Crippen molar-refractivity contribution in [3.63, 3.8) is 0 Å². The van der Waals surface area contributed by atoms with Gasteiger partial charge in [0, 0.05) is 43.9 Å². The SMILES string of the molecule is O=C(NCc1ccccc1F)c1ccc(N2CCNCC2)c(NS(=O)(=O)c2ccccc2F)c1.O=C(O)C(F)(F)F. The molecule has 1 aliphatic rings. The molecule has 1 fully saturated rings. The zero-order valence-electron chi connectivity index (χ0n) is 21.2. The van der Waals surface area contributed by atoms with Gasteiger partial charge in [-0.3, -0.25) is 9.52 Å². The maximum Gasteiger partial charge on any atom is 0.490 e. The molecule has 9 nitrogen and oxygen atoms in total. The van der Waals surface area contributed by atoms with E-state index in [2.05, 4.69) is 15.4 Å². The third kappa shape index (κ3) is 8.62. The normalized spacial score (nSPS) is 13.5. The Balaban J connectivity index is 0.000000587. The topological polar surface area (TPSA) is 128 Å². The Hall–Kier alpha value is -4.24. The van der Waals surface area contributed by atoms with Crippen molar-refractivity contribution in [2.45, 2.75) is 17.6 Å². The fourth-order valence-corrected chi connectivity index (χ4v) is 4.87. The summed E-state index contributed by atoms with van der Waals surface area (Å²) in [6, 6.07) is 15.8. The van der Waals surface area contributed by atoms with E-state index in [1.807, 2.05) is 4.90 Å². The Kier molecular flexibility index (Phi) is 10.2. The second-order valence-corrected chi connectivity index (χ2v) is 10.2. The number of alkyl halides is 3. The maximum absolute atomic E-state index is 14.2. The number of amides is 1. The van der Waals surface area contributed by atoms with Crippen molar-refractivity contribution < 1.29 is 45.1 Å². The molecule has 1 aliphatic heterocycles. The molecule has 4 N–H and O–H groups in total. The lowest BCUT2D eigenvalue weighted by Crippen LogP contribution is -2.43. The number of nitrogens with one attached hydrogen (secondary N) is 3. The molecule has 0 saturated carbocycles. The second-order valence-electron chi connectivity index (χ2n) is 8.58. The van der Waals surface area contributed by atoms with Gasteiger partial charge in [0.05, 0.1) is 11.4 Å². The lowest BCUT2D eigenvalue weighted by molar-refractivity contribution is -0.192. The molecule has 0 radical (unpaired) electrons. The molecule has 0 aliphatic carbocycles. The van der Waals surface area contributed by atoms with E-state index in [0.717, 1.165) is 6.07 Å². The van der Waals surface area contributed by atoms with E-state index in [4.69, 9.17) is 9.90 Å². The van der Waals surface area contributed by atoms with Crippen molar-refractivity contribution in [2.75, 3.05) is 35.8 Å². The quantitative estimate of drug-likeness (QED) is 0.305. The lowest BCUT2D eigenvalue weighted by Gasteiger charge is -2.31. The predicted octanol–water partition coefficient (Wildman–Crippen LogP) is 3.74. The Morgan fingerprint density at radius 1 is 0.927 bits per heavy atom. The predicted molar refractivity (Wildman–Crippen MR) is 140 cm³/mol. The molecule has 0 bridgehead atoms. The van der Waals surface area contributed by atoms with Crippen molar-refractivity contribution in [1.82, 2.24) is 10.6 Å². The van der Waals surface area contributed by atoms with Crippen LogP contribution >= 0.6 is 0 Å². The first-order valence-corrected chi connectivity index (χ1v) is 13.5. The molecule has 3 aromatic carbocycles. The largest absolute Gasteiger partial charge is 0.490 e. The average molecular weight is 601 g/mol. The van der Waals surface area contributed by atoms with Gasteiger partial charge in [0.2, 0.25) is 0 Å². The molecule has 1 heterocycles. The van der Waals surface area contributed by atoms with Crippen molar-refractivity contribution in [1.29, 1.82) is 0 Å². The molecular formula is C26H25F5N4O5S. The lowest BCUT2D eigenvalue weighted by atomic mass is 10.1. The third-order valence-electron chi connectivity index (χ3n) is 5.73. The van der Waals surface area contributed by atoms with Crippen molar-refractivity contribution in [3.05, 3.63) is 89.5 Å². The molecule has 0 unspecified atom stereocenters. The number of anilines is 2. The number of hydrogen-bond donors (Lipinski definition) is 4. The van der Waals surface area contributed by atoms with Crippen LogP contribution in [-0.2, 0) is 21.4 Å². The summed E-state index contributed by atoms with van der Waals surface area (Å²) in [7, 11) is -4.26. The van der Waals surface area contributed by atoms with Crippen LogP contribution in [0.25, 0.3) is 0 Å². The number of nitrogens with zero attached hydrogens (tertiary/aromatic N) is 1. The number of carboxylic acid groups (broad SMARTS) is 1. The number of aliphatic carboxylic acids is 1. The summed E-state index contributed by atoms with van der Waals surface area (Å²) >= 11 is 0. The number of benzene rings is 3. The van der Waals surface area contributed by atoms with Crippen molar-refractivity contribution >= 4 is 33.3 Å². The standard InChI is InChI=1S/C24H24F2N4O3S.C2HF3O2/c25-19-6-2-1-5-18(19)16-28-24(31)17-9-10-22(30-13-11-27-12-14-30)21(15-17)29-34(32,33)23-8-4-3-7-20(23)26;3-2(4,5)1(6)7/h1-10,15,27,29H,11-14,16H2,(H,28,31);(H,6,7). The number of halogens is 5. The Labute approximate surface area is 232 Å². The van der Waals surface area contributed by atoms with E-state index >= 15 is 0 Å². The number of carboxylic acids is 1. The molecule has 1 saturated heterocycles. The highest BCUT2D eigenvalue weighted by molar-refractivity contribution is 7.92. The maximum atomic E-state index is 14.2. The van der Waals surface area contributed by atoms with Crippen molar-refractivity contribution in [2.24, 2.45) is 0 Å². The molecular weight excluding hydrogens is 575 g/mol. The van der Waals surface area contributed by atoms with E-state index in [9.17, 15) is 35.2 Å². The van der Waals surface area contributed by atoms with Gasteiger partial charge in [-0.15, -0.1) is 0 Å². The van der Waals surface area contributed by atoms with E-state index in [1.165, 1.54) is 30.3 Å². The second kappa shape index (κ2) is 13.4. The molecule has 1 amide bonds. The van der Waals surface area contributed by atoms with Gasteiger partial charge in [0.1, 0.15) is 16.5 Å². The molecule has 3 aromatic rings. The van der Waals surface area contributed by atoms with Gasteiger partial charge >= 0.3 is 12.1 Å². The summed E-state index contributed by atoms with van der Waals surface area (Å²) in [5, 5.41) is 13.0. The zero-order valence-corrected chi connectivity index (χ0v) is 22.0. The summed E-state index contributed by atoms with van der Waals surface area (Å²) in [6.45, 7) is 2.66. The fraction of sp³-hybridized carbons (Fsp3) is 0.231. The minimum atomic E-state index is -5.08. The molecule has 0 aromatic heterocycles. The van der Waals surface area contributed by atoms with Crippen LogP contribution in [0.5, 0.6) is 0 Å². The summed E-state index contributed by atoms with van der Waals surface area (Å²) in [5.74, 6) is -4.57. The number of carbonyl (C=O) groups is 2. The summed E-state index contributed by atoms with van der Waals surface area (Å²) in [6.07, 6.45) is -5.08. The van der Waals surface area contributed by atoms with Crippen LogP contribution in [0, 0.1) is 11.6 Å². The van der Waals surface area contributed by atoms with Gasteiger partial charge in [-0.2, -0.15) is 13.2 Å². The highest BCUT2D eigenvalue weighted by Gasteiger charge is 2.38. The minimum absolute atomic E-state index is 0.0264. The molecule has 41 heavy (non-hydrogen) atoms. The van der Waals surface area contributed by atoms with Crippen LogP contribution < -0.4 is 20.3 Å². The molecule has 0 spiro atoms. The van der Waals surface area contributed by atoms with Crippen molar-refractivity contribution in [3.8, 4) is 0 Å². The van der Waals surface area contributed by atoms with Gasteiger partial charge in [-0.05, 0) is 36.4 Å². The Bertz CT molecular complexity index is 1500. The van der Waals surface area contributed by atoms with Crippen LogP contribution in [-0.4, -0.2) is 57.8 Å². The van der Waals surface area contributed by atoms with Gasteiger partial charge in [-0.25, -0.2) is 22.0 Å². The minimum Gasteiger partial charge on any atom is -0.475 e. The smallest absolute Gasteiger partial charge is 0.475 e. The summed E-state index contributed by atoms with van der Waals surface area (Å²) in [4.78, 5) is 23.2. The Morgan fingerprint density at radius 2 is 1.51 bits per heavy atom. The number of hydrogen-bond acceptors (Lipinski definition) is 6. The molecule has 0 atom stereocenters. The van der Waals surface area contributed by atoms with E-state index in [0.29, 0.717) is 37.4 Å². The number of rotatable bonds is 7. The van der Waals surface area contributed by atoms with Gasteiger partial charge in [0.15, 0.2) is 0 Å². The first-order chi connectivity index (χ1) is 19.3. The average Bonchev–Trinajstić information content (AvgIpc) is 2.92. The molecule has 4 rings (SSSR count). The fourth-order valence-electron chi connectivity index (χ4n) is 3.72. The van der Waals surface area contributed by atoms with Crippen LogP contribution in [0.3, 0.4) is 0 Å². The van der Waals surface area contributed by atoms with E-state index in [-0.39, 0.29) is 17.8 Å². The third-order valence-corrected chi connectivity index (χ3v) is 7.13. The molecule has 15 heteroatoms. The summed E-state index contributed by atoms with van der Waals surface area (Å²) < 4.78 is 88.2. The van der Waals surface area contributed by atoms with Crippen LogP contribution in [0.2, 0.25) is 0 Å². The van der Waals surface area contributed by atoms with Crippen LogP contribution in [0.15, 0.2) is 71.6 Å². The first-order valence-electron chi connectivity index (χ1n) is 12.0. The number of carbonyl (C=O) groups excluding carboxylic acids is 1. The number of sulfonamides is 1. The van der Waals surface area contributed by atoms with E-state index in [1.54, 1.807) is 30.3 Å². The highest BCUT2D eigenvalue weighted by Crippen LogP contribution is 2.30. The zero-order chi connectivity index (χ0) is 30.2. The summed E-state index contributed by atoms with van der Waals surface area (Å²) in [5.41, 5.74) is 1.24.